The third-order valence-electron chi connectivity index (χ3n) is 2.27. The van der Waals surface area contributed by atoms with Crippen LogP contribution in [0.1, 0.15) is 11.3 Å². The van der Waals surface area contributed by atoms with E-state index in [0.717, 1.165) is 8.66 Å². The number of urea groups is 1. The molecule has 2 amide bonds. The van der Waals surface area contributed by atoms with Gasteiger partial charge in [0.2, 0.25) is 0 Å². The molecule has 110 valence electrons. The van der Waals surface area contributed by atoms with Crippen LogP contribution in [0.25, 0.3) is 0 Å². The number of amides is 2. The first kappa shape index (κ1) is 16.4. The van der Waals surface area contributed by atoms with Crippen LogP contribution in [0.3, 0.4) is 0 Å². The molecule has 0 aliphatic heterocycles. The van der Waals surface area contributed by atoms with Crippen LogP contribution in [0.4, 0.5) is 4.79 Å². The Bertz CT molecular complexity index is 505. The molecule has 1 rings (SSSR count). The Morgan fingerprint density at radius 3 is 2.50 bits per heavy atom. The average molecular weight is 365 g/mol. The number of carboxylic acid groups (broad SMARTS) is 2. The second kappa shape index (κ2) is 7.85. The van der Waals surface area contributed by atoms with Gasteiger partial charge in [0.15, 0.2) is 0 Å². The molecular weight excluding hydrogens is 352 g/mol. The lowest BCUT2D eigenvalue weighted by Gasteiger charge is -2.13. The molecule has 0 unspecified atom stereocenters. The first-order chi connectivity index (χ1) is 9.38. The molecule has 0 saturated carbocycles. The van der Waals surface area contributed by atoms with Crippen molar-refractivity contribution in [2.75, 3.05) is 6.54 Å². The highest BCUT2D eigenvalue weighted by atomic mass is 79.9. The molecule has 9 heteroatoms. The first-order valence-electron chi connectivity index (χ1n) is 5.61. The molecule has 1 heterocycles. The fourth-order valence-electron chi connectivity index (χ4n) is 1.37. The van der Waals surface area contributed by atoms with E-state index < -0.39 is 30.4 Å². The van der Waals surface area contributed by atoms with Crippen molar-refractivity contribution in [1.82, 2.24) is 10.6 Å². The number of aliphatic carboxylic acids is 2. The van der Waals surface area contributed by atoms with E-state index in [0.29, 0.717) is 13.0 Å². The number of halogens is 1. The largest absolute Gasteiger partial charge is 0.481 e. The zero-order valence-corrected chi connectivity index (χ0v) is 12.7. The zero-order valence-electron chi connectivity index (χ0n) is 10.3. The molecule has 0 aliphatic carbocycles. The van der Waals surface area contributed by atoms with Crippen molar-refractivity contribution in [2.45, 2.75) is 18.9 Å². The van der Waals surface area contributed by atoms with Gasteiger partial charge in [-0.15, -0.1) is 11.3 Å². The van der Waals surface area contributed by atoms with Crippen molar-refractivity contribution in [2.24, 2.45) is 0 Å². The molecule has 0 radical (unpaired) electrons. The van der Waals surface area contributed by atoms with Gasteiger partial charge in [-0.25, -0.2) is 9.59 Å². The molecule has 4 N–H and O–H groups in total. The average Bonchev–Trinajstić information content (AvgIpc) is 2.73. The minimum atomic E-state index is -1.44. The summed E-state index contributed by atoms with van der Waals surface area (Å²) in [6, 6.07) is 1.67. The SMILES string of the molecule is O=C(O)C[C@@H](NC(=O)NCCc1ccc(Br)s1)C(=O)O. The van der Waals surface area contributed by atoms with E-state index in [9.17, 15) is 14.4 Å². The number of hydrogen-bond acceptors (Lipinski definition) is 4. The summed E-state index contributed by atoms with van der Waals surface area (Å²) in [6.07, 6.45) is -0.0546. The number of thiophene rings is 1. The number of nitrogens with one attached hydrogen (secondary N) is 2. The Labute approximate surface area is 127 Å². The van der Waals surface area contributed by atoms with Crippen LogP contribution in [-0.4, -0.2) is 40.8 Å². The highest BCUT2D eigenvalue weighted by molar-refractivity contribution is 9.11. The third-order valence-corrected chi connectivity index (χ3v) is 3.95. The van der Waals surface area contributed by atoms with Crippen LogP contribution in [-0.2, 0) is 16.0 Å². The van der Waals surface area contributed by atoms with E-state index in [4.69, 9.17) is 10.2 Å². The molecule has 0 fully saturated rings. The highest BCUT2D eigenvalue weighted by Gasteiger charge is 2.22. The minimum Gasteiger partial charge on any atom is -0.481 e. The van der Waals surface area contributed by atoms with E-state index in [1.807, 2.05) is 12.1 Å². The van der Waals surface area contributed by atoms with Gasteiger partial charge in [-0.05, 0) is 34.5 Å². The lowest BCUT2D eigenvalue weighted by molar-refractivity contribution is -0.145. The van der Waals surface area contributed by atoms with Gasteiger partial charge in [-0.3, -0.25) is 4.79 Å². The van der Waals surface area contributed by atoms with Crippen molar-refractivity contribution in [3.63, 3.8) is 0 Å². The number of carbonyl (C=O) groups is 3. The van der Waals surface area contributed by atoms with Crippen LogP contribution >= 0.6 is 27.3 Å². The van der Waals surface area contributed by atoms with Gasteiger partial charge in [-0.2, -0.15) is 0 Å². The molecule has 1 atom stereocenters. The topological polar surface area (TPSA) is 116 Å². The van der Waals surface area contributed by atoms with Gasteiger partial charge < -0.3 is 20.8 Å². The predicted molar refractivity (Wildman–Crippen MR) is 75.9 cm³/mol. The van der Waals surface area contributed by atoms with Crippen molar-refractivity contribution in [3.8, 4) is 0 Å². The molecule has 7 nitrogen and oxygen atoms in total. The Balaban J connectivity index is 2.34. The van der Waals surface area contributed by atoms with Crippen LogP contribution in [0.15, 0.2) is 15.9 Å². The van der Waals surface area contributed by atoms with E-state index in [1.54, 1.807) is 0 Å². The summed E-state index contributed by atoms with van der Waals surface area (Å²) in [7, 11) is 0. The summed E-state index contributed by atoms with van der Waals surface area (Å²) in [4.78, 5) is 33.7. The maximum absolute atomic E-state index is 11.5. The molecule has 1 aromatic rings. The Morgan fingerprint density at radius 2 is 2.00 bits per heavy atom. The van der Waals surface area contributed by atoms with E-state index >= 15 is 0 Å². The monoisotopic (exact) mass is 364 g/mol. The summed E-state index contributed by atoms with van der Waals surface area (Å²) in [6.45, 7) is 0.332. The van der Waals surface area contributed by atoms with Gasteiger partial charge in [-0.1, -0.05) is 0 Å². The number of hydrogen-bond donors (Lipinski definition) is 4. The third kappa shape index (κ3) is 6.02. The maximum Gasteiger partial charge on any atom is 0.326 e. The second-order valence-corrected chi connectivity index (χ2v) is 6.39. The Hall–Kier alpha value is -1.61. The normalized spacial score (nSPS) is 11.7. The number of rotatable bonds is 7. The van der Waals surface area contributed by atoms with E-state index in [2.05, 4.69) is 26.6 Å². The van der Waals surface area contributed by atoms with Gasteiger partial charge in [0.25, 0.3) is 0 Å². The van der Waals surface area contributed by atoms with Crippen molar-refractivity contribution in [3.05, 3.63) is 20.8 Å². The molecule has 0 saturated heterocycles. The molecule has 1 aromatic heterocycles. The van der Waals surface area contributed by atoms with Gasteiger partial charge in [0.05, 0.1) is 10.2 Å². The molecule has 20 heavy (non-hydrogen) atoms. The summed E-state index contributed by atoms with van der Waals surface area (Å²) in [5.41, 5.74) is 0. The summed E-state index contributed by atoms with van der Waals surface area (Å²) in [5, 5.41) is 21.9. The number of carbonyl (C=O) groups excluding carboxylic acids is 1. The van der Waals surface area contributed by atoms with E-state index in [-0.39, 0.29) is 0 Å². The molecule has 0 spiro atoms. The van der Waals surface area contributed by atoms with Crippen LogP contribution in [0, 0.1) is 0 Å². The second-order valence-electron chi connectivity index (χ2n) is 3.84. The summed E-state index contributed by atoms with van der Waals surface area (Å²) < 4.78 is 0.990. The summed E-state index contributed by atoms with van der Waals surface area (Å²) in [5.74, 6) is -2.68. The van der Waals surface area contributed by atoms with Crippen molar-refractivity contribution in [1.29, 1.82) is 0 Å². The maximum atomic E-state index is 11.5. The smallest absolute Gasteiger partial charge is 0.326 e. The fraction of sp³-hybridized carbons (Fsp3) is 0.364. The molecule has 0 aliphatic rings. The Morgan fingerprint density at radius 1 is 1.30 bits per heavy atom. The van der Waals surface area contributed by atoms with Gasteiger partial charge >= 0.3 is 18.0 Å². The summed E-state index contributed by atoms with van der Waals surface area (Å²) >= 11 is 4.86. The predicted octanol–water partition coefficient (Wildman–Crippen LogP) is 1.28. The van der Waals surface area contributed by atoms with Gasteiger partial charge in [0.1, 0.15) is 6.04 Å². The molecular formula is C11H13BrN2O5S. The fourth-order valence-corrected chi connectivity index (χ4v) is 2.85. The zero-order chi connectivity index (χ0) is 15.1. The minimum absolute atomic E-state index is 0.332. The molecule has 0 bridgehead atoms. The molecule has 0 aromatic carbocycles. The van der Waals surface area contributed by atoms with Crippen LogP contribution < -0.4 is 10.6 Å². The first-order valence-corrected chi connectivity index (χ1v) is 7.22. The van der Waals surface area contributed by atoms with Gasteiger partial charge in [0, 0.05) is 11.4 Å². The van der Waals surface area contributed by atoms with Crippen LogP contribution in [0.5, 0.6) is 0 Å². The highest BCUT2D eigenvalue weighted by Crippen LogP contribution is 2.21. The van der Waals surface area contributed by atoms with E-state index in [1.165, 1.54) is 11.3 Å². The Kier molecular flexibility index (Phi) is 6.46. The lowest BCUT2D eigenvalue weighted by atomic mass is 10.2. The number of carboxylic acids is 2. The van der Waals surface area contributed by atoms with Crippen molar-refractivity contribution < 1.29 is 24.6 Å². The lowest BCUT2D eigenvalue weighted by Crippen LogP contribution is -2.47. The van der Waals surface area contributed by atoms with Crippen molar-refractivity contribution >= 4 is 45.2 Å². The van der Waals surface area contributed by atoms with Crippen LogP contribution in [0.2, 0.25) is 0 Å². The quantitative estimate of drug-likeness (QED) is 0.581. The standard InChI is InChI=1S/C11H13BrN2O5S/c12-8-2-1-6(20-8)3-4-13-11(19)14-7(10(17)18)5-9(15)16/h1-2,7H,3-5H2,(H,15,16)(H,17,18)(H2,13,14,19)/t7-/m1/s1.